The molecule has 0 aliphatic rings. The average molecular weight is 240 g/mol. The minimum absolute atomic E-state index is 0.770. The smallest absolute Gasteiger partial charge is 0.0973 e. The van der Waals surface area contributed by atoms with E-state index in [1.54, 1.807) is 4.68 Å². The van der Waals surface area contributed by atoms with E-state index in [9.17, 15) is 0 Å². The zero-order valence-electron chi connectivity index (χ0n) is 7.50. The normalized spacial score (nSPS) is 11.0. The number of aryl methyl sites for hydroxylation is 2. The summed E-state index contributed by atoms with van der Waals surface area (Å²) in [7, 11) is 1.91. The molecule has 0 amide bonds. The first-order chi connectivity index (χ1) is 6.09. The number of nitrogen functional groups attached to an aromatic ring is 1. The lowest BCUT2D eigenvalue weighted by atomic mass is 10.1. The van der Waals surface area contributed by atoms with E-state index in [4.69, 9.17) is 5.73 Å². The minimum atomic E-state index is 0.770. The predicted molar refractivity (Wildman–Crippen MR) is 57.6 cm³/mol. The number of aromatic nitrogens is 2. The first-order valence-electron chi connectivity index (χ1n) is 3.97. The van der Waals surface area contributed by atoms with Crippen LogP contribution in [0.4, 0.5) is 5.69 Å². The highest BCUT2D eigenvalue weighted by atomic mass is 79.9. The number of rotatable bonds is 0. The number of anilines is 1. The van der Waals surface area contributed by atoms with Crippen LogP contribution in [0.25, 0.3) is 10.9 Å². The molecule has 0 fully saturated rings. The Bertz CT molecular complexity index is 473. The van der Waals surface area contributed by atoms with E-state index < -0.39 is 0 Å². The molecule has 2 aromatic rings. The monoisotopic (exact) mass is 239 g/mol. The highest BCUT2D eigenvalue weighted by Gasteiger charge is 2.08. The van der Waals surface area contributed by atoms with Crippen molar-refractivity contribution in [1.82, 2.24) is 9.78 Å². The first kappa shape index (κ1) is 8.56. The quantitative estimate of drug-likeness (QED) is 0.717. The number of fused-ring (bicyclic) bond motifs is 1. The van der Waals surface area contributed by atoms with Crippen LogP contribution >= 0.6 is 15.9 Å². The van der Waals surface area contributed by atoms with Gasteiger partial charge in [0, 0.05) is 28.7 Å². The van der Waals surface area contributed by atoms with Gasteiger partial charge in [0.2, 0.25) is 0 Å². The second-order valence-electron chi connectivity index (χ2n) is 3.14. The van der Waals surface area contributed by atoms with E-state index in [0.29, 0.717) is 0 Å². The molecule has 0 aliphatic heterocycles. The summed E-state index contributed by atoms with van der Waals surface area (Å²) in [6, 6.07) is 1.99. The van der Waals surface area contributed by atoms with E-state index in [1.807, 2.05) is 26.2 Å². The largest absolute Gasteiger partial charge is 0.398 e. The van der Waals surface area contributed by atoms with Gasteiger partial charge in [-0.15, -0.1) is 0 Å². The van der Waals surface area contributed by atoms with Gasteiger partial charge in [-0.05, 0) is 28.9 Å². The van der Waals surface area contributed by atoms with Gasteiger partial charge in [0.05, 0.1) is 11.2 Å². The summed E-state index contributed by atoms with van der Waals surface area (Å²) in [6.45, 7) is 1.98. The third-order valence-corrected chi connectivity index (χ3v) is 2.81. The summed E-state index contributed by atoms with van der Waals surface area (Å²) in [4.78, 5) is 0. The average Bonchev–Trinajstić information content (AvgIpc) is 2.42. The third-order valence-electron chi connectivity index (χ3n) is 2.16. The number of benzene rings is 1. The lowest BCUT2D eigenvalue weighted by Gasteiger charge is -2.02. The van der Waals surface area contributed by atoms with Crippen molar-refractivity contribution >= 4 is 32.5 Å². The Kier molecular flexibility index (Phi) is 1.80. The van der Waals surface area contributed by atoms with Gasteiger partial charge in [0.15, 0.2) is 0 Å². The molecule has 0 aliphatic carbocycles. The second kappa shape index (κ2) is 2.73. The molecule has 0 saturated heterocycles. The summed E-state index contributed by atoms with van der Waals surface area (Å²) in [5, 5.41) is 5.44. The van der Waals surface area contributed by atoms with Crippen molar-refractivity contribution in [2.45, 2.75) is 6.92 Å². The molecule has 13 heavy (non-hydrogen) atoms. The van der Waals surface area contributed by atoms with Gasteiger partial charge in [-0.25, -0.2) is 0 Å². The van der Waals surface area contributed by atoms with Gasteiger partial charge in [0.25, 0.3) is 0 Å². The van der Waals surface area contributed by atoms with E-state index in [-0.39, 0.29) is 0 Å². The Morgan fingerprint density at radius 2 is 2.23 bits per heavy atom. The molecule has 2 rings (SSSR count). The van der Waals surface area contributed by atoms with E-state index in [2.05, 4.69) is 21.0 Å². The van der Waals surface area contributed by atoms with Crippen molar-refractivity contribution in [2.24, 2.45) is 7.05 Å². The Balaban J connectivity index is 2.92. The van der Waals surface area contributed by atoms with Gasteiger partial charge in [-0.2, -0.15) is 5.10 Å². The maximum atomic E-state index is 5.86. The lowest BCUT2D eigenvalue weighted by Crippen LogP contribution is -1.92. The van der Waals surface area contributed by atoms with Crippen LogP contribution in [-0.4, -0.2) is 9.78 Å². The molecule has 1 heterocycles. The van der Waals surface area contributed by atoms with Crippen molar-refractivity contribution in [2.75, 3.05) is 5.73 Å². The third kappa shape index (κ3) is 1.21. The van der Waals surface area contributed by atoms with Gasteiger partial charge in [-0.3, -0.25) is 4.68 Å². The van der Waals surface area contributed by atoms with Gasteiger partial charge in [0.1, 0.15) is 0 Å². The fraction of sp³-hybridized carbons (Fsp3) is 0.222. The van der Waals surface area contributed by atoms with Crippen LogP contribution in [0, 0.1) is 6.92 Å². The number of nitrogens with zero attached hydrogens (tertiary/aromatic N) is 2. The molecule has 1 aromatic heterocycles. The Hall–Kier alpha value is -1.03. The molecule has 0 saturated carbocycles. The Labute approximate surface area is 84.7 Å². The number of hydrogen-bond acceptors (Lipinski definition) is 2. The van der Waals surface area contributed by atoms with Crippen molar-refractivity contribution < 1.29 is 0 Å². The van der Waals surface area contributed by atoms with Crippen molar-refractivity contribution in [1.29, 1.82) is 0 Å². The second-order valence-corrected chi connectivity index (χ2v) is 3.99. The minimum Gasteiger partial charge on any atom is -0.398 e. The van der Waals surface area contributed by atoms with E-state index in [1.165, 1.54) is 0 Å². The van der Waals surface area contributed by atoms with Crippen molar-refractivity contribution in [3.63, 3.8) is 0 Å². The summed E-state index contributed by atoms with van der Waals surface area (Å²) >= 11 is 3.41. The molecular weight excluding hydrogens is 230 g/mol. The van der Waals surface area contributed by atoms with Gasteiger partial charge < -0.3 is 5.73 Å². The molecule has 68 valence electrons. The fourth-order valence-electron chi connectivity index (χ4n) is 1.42. The Morgan fingerprint density at radius 3 is 2.92 bits per heavy atom. The maximum absolute atomic E-state index is 5.86. The number of nitrogens with two attached hydrogens (primary N) is 1. The number of hydrogen-bond donors (Lipinski definition) is 1. The molecule has 2 N–H and O–H groups in total. The summed E-state index contributed by atoms with van der Waals surface area (Å²) in [6.07, 6.45) is 1.98. The van der Waals surface area contributed by atoms with E-state index in [0.717, 1.165) is 26.6 Å². The molecule has 0 bridgehead atoms. The zero-order chi connectivity index (χ0) is 9.59. The van der Waals surface area contributed by atoms with Crippen LogP contribution in [0.2, 0.25) is 0 Å². The van der Waals surface area contributed by atoms with Crippen LogP contribution in [0.15, 0.2) is 16.7 Å². The van der Waals surface area contributed by atoms with Crippen LogP contribution in [0.5, 0.6) is 0 Å². The van der Waals surface area contributed by atoms with Crippen LogP contribution in [0.3, 0.4) is 0 Å². The van der Waals surface area contributed by atoms with Crippen LogP contribution in [-0.2, 0) is 7.05 Å². The molecule has 4 heteroatoms. The molecule has 0 radical (unpaired) electrons. The first-order valence-corrected chi connectivity index (χ1v) is 4.77. The Morgan fingerprint density at radius 1 is 1.54 bits per heavy atom. The zero-order valence-corrected chi connectivity index (χ0v) is 9.09. The molecule has 0 unspecified atom stereocenters. The number of halogens is 1. The highest BCUT2D eigenvalue weighted by Crippen LogP contribution is 2.29. The summed E-state index contributed by atoms with van der Waals surface area (Å²) in [5.74, 6) is 0. The lowest BCUT2D eigenvalue weighted by molar-refractivity contribution is 0.779. The molecule has 0 atom stereocenters. The SMILES string of the molecule is Cc1c(N)c(Br)cc2cn(C)nc12. The molecule has 3 nitrogen and oxygen atoms in total. The fourth-order valence-corrected chi connectivity index (χ4v) is 1.97. The van der Waals surface area contributed by atoms with Gasteiger partial charge >= 0.3 is 0 Å². The van der Waals surface area contributed by atoms with Crippen LogP contribution < -0.4 is 5.73 Å². The standard InChI is InChI=1S/C9H10BrN3/c1-5-8(11)7(10)3-6-4-13(2)12-9(5)6/h3-4H,11H2,1-2H3. The summed E-state index contributed by atoms with van der Waals surface area (Å²) in [5.41, 5.74) is 8.64. The molecule has 0 spiro atoms. The van der Waals surface area contributed by atoms with Crippen molar-refractivity contribution in [3.05, 3.63) is 22.3 Å². The molecule has 1 aromatic carbocycles. The maximum Gasteiger partial charge on any atom is 0.0973 e. The summed E-state index contributed by atoms with van der Waals surface area (Å²) < 4.78 is 2.73. The topological polar surface area (TPSA) is 43.8 Å². The molecular formula is C9H10BrN3. The van der Waals surface area contributed by atoms with Crippen molar-refractivity contribution in [3.8, 4) is 0 Å². The van der Waals surface area contributed by atoms with Crippen LogP contribution in [0.1, 0.15) is 5.56 Å². The van der Waals surface area contributed by atoms with E-state index >= 15 is 0 Å². The highest BCUT2D eigenvalue weighted by molar-refractivity contribution is 9.10. The van der Waals surface area contributed by atoms with Gasteiger partial charge in [-0.1, -0.05) is 0 Å². The predicted octanol–water partition coefficient (Wildman–Crippen LogP) is 2.23.